The van der Waals surface area contributed by atoms with E-state index in [-0.39, 0.29) is 23.6 Å². The molecule has 2 aromatic rings. The predicted molar refractivity (Wildman–Crippen MR) is 120 cm³/mol. The van der Waals surface area contributed by atoms with Crippen LogP contribution in [0.25, 0.3) is 0 Å². The summed E-state index contributed by atoms with van der Waals surface area (Å²) in [4.78, 5) is 29.9. The van der Waals surface area contributed by atoms with Crippen LogP contribution in [0.2, 0.25) is 0 Å². The molecule has 1 aromatic heterocycles. The van der Waals surface area contributed by atoms with Crippen molar-refractivity contribution in [2.75, 3.05) is 11.1 Å². The third-order valence-electron chi connectivity index (χ3n) is 5.98. The quantitative estimate of drug-likeness (QED) is 0.633. The molecule has 1 aromatic carbocycles. The fourth-order valence-corrected chi connectivity index (χ4v) is 5.02. The summed E-state index contributed by atoms with van der Waals surface area (Å²) >= 11 is 1.48. The second kappa shape index (κ2) is 9.25. The summed E-state index contributed by atoms with van der Waals surface area (Å²) in [5, 5.41) is 6.83. The van der Waals surface area contributed by atoms with Crippen molar-refractivity contribution in [2.24, 2.45) is 0 Å². The summed E-state index contributed by atoms with van der Waals surface area (Å²) in [7, 11) is 0. The highest BCUT2D eigenvalue weighted by atomic mass is 32.2. The number of rotatable bonds is 7. The molecule has 0 bridgehead atoms. The van der Waals surface area contributed by atoms with Gasteiger partial charge in [0.25, 0.3) is 5.91 Å². The van der Waals surface area contributed by atoms with Crippen molar-refractivity contribution in [3.63, 3.8) is 0 Å². The lowest BCUT2D eigenvalue weighted by atomic mass is 9.95. The van der Waals surface area contributed by atoms with Gasteiger partial charge in [0.1, 0.15) is 0 Å². The van der Waals surface area contributed by atoms with Crippen LogP contribution in [0.1, 0.15) is 72.7 Å². The van der Waals surface area contributed by atoms with Gasteiger partial charge in [0.15, 0.2) is 5.16 Å². The van der Waals surface area contributed by atoms with E-state index in [1.807, 2.05) is 19.1 Å². The van der Waals surface area contributed by atoms with Gasteiger partial charge in [-0.3, -0.25) is 9.59 Å². The number of carbonyl (C=O) groups is 2. The smallest absolute Gasteiger partial charge is 0.253 e. The molecule has 2 N–H and O–H groups in total. The van der Waals surface area contributed by atoms with Gasteiger partial charge in [0.2, 0.25) is 5.91 Å². The molecule has 0 unspecified atom stereocenters. The van der Waals surface area contributed by atoms with Gasteiger partial charge >= 0.3 is 0 Å². The second-order valence-electron chi connectivity index (χ2n) is 8.36. The lowest BCUT2D eigenvalue weighted by molar-refractivity contribution is -0.113. The van der Waals surface area contributed by atoms with Crippen LogP contribution in [-0.4, -0.2) is 33.2 Å². The molecule has 0 radical (unpaired) electrons. The van der Waals surface area contributed by atoms with Crippen molar-refractivity contribution in [3.8, 4) is 0 Å². The minimum absolute atomic E-state index is 0.125. The molecule has 2 saturated carbocycles. The Hall–Kier alpha value is -2.28. The topological polar surface area (TPSA) is 76.0 Å². The zero-order valence-corrected chi connectivity index (χ0v) is 18.6. The molecule has 6 nitrogen and oxygen atoms in total. The molecule has 2 fully saturated rings. The molecule has 160 valence electrons. The van der Waals surface area contributed by atoms with E-state index >= 15 is 0 Å². The molecular formula is C23H30N4O2S. The Morgan fingerprint density at radius 1 is 1.10 bits per heavy atom. The third-order valence-corrected chi connectivity index (χ3v) is 6.94. The third kappa shape index (κ3) is 4.89. The maximum absolute atomic E-state index is 12.7. The van der Waals surface area contributed by atoms with Crippen LogP contribution < -0.4 is 10.6 Å². The maximum atomic E-state index is 12.7. The number of aromatic nitrogens is 2. The number of nitrogens with one attached hydrogen (secondary N) is 2. The van der Waals surface area contributed by atoms with Crippen molar-refractivity contribution in [2.45, 2.75) is 76.0 Å². The van der Waals surface area contributed by atoms with Crippen molar-refractivity contribution in [3.05, 3.63) is 41.2 Å². The number of thioether (sulfide) groups is 1. The molecule has 0 spiro atoms. The first-order chi connectivity index (χ1) is 14.5. The molecule has 0 saturated heterocycles. The van der Waals surface area contributed by atoms with Gasteiger partial charge in [-0.25, -0.2) is 4.98 Å². The summed E-state index contributed by atoms with van der Waals surface area (Å²) in [6.07, 6.45) is 8.24. The van der Waals surface area contributed by atoms with Crippen LogP contribution in [0.4, 0.5) is 5.69 Å². The number of anilines is 1. The van der Waals surface area contributed by atoms with Gasteiger partial charge in [-0.1, -0.05) is 43.2 Å². The van der Waals surface area contributed by atoms with E-state index in [1.54, 1.807) is 12.1 Å². The zero-order valence-electron chi connectivity index (χ0n) is 17.7. The Bertz CT molecular complexity index is 929. The number of hydrogen-bond acceptors (Lipinski definition) is 4. The van der Waals surface area contributed by atoms with Crippen LogP contribution >= 0.6 is 11.8 Å². The van der Waals surface area contributed by atoms with Gasteiger partial charge in [-0.2, -0.15) is 0 Å². The van der Waals surface area contributed by atoms with Crippen molar-refractivity contribution in [1.82, 2.24) is 14.9 Å². The zero-order chi connectivity index (χ0) is 21.1. The SMILES string of the molecule is Cc1nc(SCC(=O)Nc2ccccc2C(=O)NC2CC2)n(C2CCCCC2)c1C. The molecule has 2 aliphatic carbocycles. The van der Waals surface area contributed by atoms with E-state index in [2.05, 4.69) is 22.1 Å². The Morgan fingerprint density at radius 2 is 1.83 bits per heavy atom. The average molecular weight is 427 g/mol. The van der Waals surface area contributed by atoms with Crippen LogP contribution in [0, 0.1) is 13.8 Å². The highest BCUT2D eigenvalue weighted by molar-refractivity contribution is 7.99. The fourth-order valence-electron chi connectivity index (χ4n) is 4.06. The van der Waals surface area contributed by atoms with E-state index in [9.17, 15) is 9.59 Å². The molecule has 2 aliphatic rings. The molecule has 2 amide bonds. The highest BCUT2D eigenvalue weighted by Crippen LogP contribution is 2.34. The molecular weight excluding hydrogens is 396 g/mol. The van der Waals surface area contributed by atoms with E-state index in [1.165, 1.54) is 49.6 Å². The highest BCUT2D eigenvalue weighted by Gasteiger charge is 2.25. The summed E-state index contributed by atoms with van der Waals surface area (Å²) in [6, 6.07) is 7.95. The fraction of sp³-hybridized carbons (Fsp3) is 0.522. The van der Waals surface area contributed by atoms with Crippen LogP contribution in [0.15, 0.2) is 29.4 Å². The van der Waals surface area contributed by atoms with Gasteiger partial charge < -0.3 is 15.2 Å². The standard InChI is InChI=1S/C23H30N4O2S/c1-15-16(2)27(18-8-4-3-5-9-18)23(24-15)30-14-21(28)26-20-11-7-6-10-19(20)22(29)25-17-12-13-17/h6-7,10-11,17-18H,3-5,8-9,12-14H2,1-2H3,(H,25,29)(H,26,28). The molecule has 4 rings (SSSR count). The Morgan fingerprint density at radius 3 is 2.57 bits per heavy atom. The molecule has 1 heterocycles. The number of aryl methyl sites for hydroxylation is 1. The van der Waals surface area contributed by atoms with Crippen molar-refractivity contribution >= 4 is 29.3 Å². The number of amides is 2. The van der Waals surface area contributed by atoms with Crippen LogP contribution in [0.5, 0.6) is 0 Å². The Balaban J connectivity index is 1.41. The first-order valence-electron chi connectivity index (χ1n) is 10.9. The number of benzene rings is 1. The minimum Gasteiger partial charge on any atom is -0.349 e. The van der Waals surface area contributed by atoms with Gasteiger partial charge in [-0.05, 0) is 51.7 Å². The number of hydrogen-bond donors (Lipinski definition) is 2. The van der Waals surface area contributed by atoms with Crippen LogP contribution in [0.3, 0.4) is 0 Å². The maximum Gasteiger partial charge on any atom is 0.253 e. The lowest BCUT2D eigenvalue weighted by Crippen LogP contribution is -2.27. The predicted octanol–water partition coefficient (Wildman–Crippen LogP) is 4.63. The molecule has 7 heteroatoms. The largest absolute Gasteiger partial charge is 0.349 e. The van der Waals surface area contributed by atoms with E-state index in [0.29, 0.717) is 17.3 Å². The summed E-state index contributed by atoms with van der Waals surface area (Å²) in [5.41, 5.74) is 3.31. The van der Waals surface area contributed by atoms with Crippen molar-refractivity contribution in [1.29, 1.82) is 0 Å². The first kappa shape index (κ1) is 21.0. The summed E-state index contributed by atoms with van der Waals surface area (Å²) < 4.78 is 2.34. The van der Waals surface area contributed by atoms with Gasteiger partial charge in [0, 0.05) is 17.8 Å². The number of para-hydroxylation sites is 1. The average Bonchev–Trinajstić information content (AvgIpc) is 3.51. The first-order valence-corrected chi connectivity index (χ1v) is 11.9. The molecule has 0 aliphatic heterocycles. The van der Waals surface area contributed by atoms with Gasteiger partial charge in [0.05, 0.1) is 22.7 Å². The number of carbonyl (C=O) groups excluding carboxylic acids is 2. The lowest BCUT2D eigenvalue weighted by Gasteiger charge is -2.26. The van der Waals surface area contributed by atoms with E-state index in [4.69, 9.17) is 4.98 Å². The Kier molecular flexibility index (Phi) is 6.46. The summed E-state index contributed by atoms with van der Waals surface area (Å²) in [6.45, 7) is 4.16. The van der Waals surface area contributed by atoms with Crippen molar-refractivity contribution < 1.29 is 9.59 Å². The Labute approximate surface area is 182 Å². The number of imidazole rings is 1. The van der Waals surface area contributed by atoms with E-state index in [0.717, 1.165) is 23.7 Å². The molecule has 0 atom stereocenters. The second-order valence-corrected chi connectivity index (χ2v) is 9.30. The van der Waals surface area contributed by atoms with Gasteiger partial charge in [-0.15, -0.1) is 0 Å². The monoisotopic (exact) mass is 426 g/mol. The van der Waals surface area contributed by atoms with E-state index < -0.39 is 0 Å². The summed E-state index contributed by atoms with van der Waals surface area (Å²) in [5.74, 6) is 0.0154. The number of nitrogens with zero attached hydrogens (tertiary/aromatic N) is 2. The molecule has 30 heavy (non-hydrogen) atoms. The van der Waals surface area contributed by atoms with Crippen LogP contribution in [-0.2, 0) is 4.79 Å². The minimum atomic E-state index is -0.125. The normalized spacial score (nSPS) is 17.0.